The molecule has 0 saturated heterocycles. The summed E-state index contributed by atoms with van der Waals surface area (Å²) in [4.78, 5) is 0. The van der Waals surface area contributed by atoms with E-state index in [-0.39, 0.29) is 0 Å². The average molecular weight is 868 g/mol. The van der Waals surface area contributed by atoms with Crippen LogP contribution in [0.3, 0.4) is 0 Å². The van der Waals surface area contributed by atoms with Gasteiger partial charge >= 0.3 is 26.4 Å². The van der Waals surface area contributed by atoms with Crippen LogP contribution in [-0.2, 0) is 39.8 Å². The zero-order valence-electron chi connectivity index (χ0n) is 34.6. The summed E-state index contributed by atoms with van der Waals surface area (Å²) < 4.78 is 55.5. The van der Waals surface area contributed by atoms with E-state index in [1.807, 2.05) is 84.7 Å². The lowest BCUT2D eigenvalue weighted by Gasteiger charge is -2.46. The predicted octanol–water partition coefficient (Wildman–Crippen LogP) is 11.0. The Morgan fingerprint density at radius 3 is 1.21 bits per heavy atom. The normalized spacial score (nSPS) is 18.8. The molecule has 1 fully saturated rings. The standard InChI is InChI=1S/C36H78O9S4Si3/c1-10-37-50(38-11-2,39-12-3)32-21-28-46-48-30-24-35-23-19-20-25-36(35,27-34-52(43-16-7,44-17-8)45-18-9)26-31-49-47-29-22-33-51(40-13-4,41-14-5)42-15-6/h35H,10-34H2,1-9H3. The van der Waals surface area contributed by atoms with Crippen molar-refractivity contribution < 1.29 is 39.8 Å². The lowest BCUT2D eigenvalue weighted by Crippen LogP contribution is -2.48. The van der Waals surface area contributed by atoms with E-state index >= 15 is 0 Å². The maximum absolute atomic E-state index is 6.36. The molecule has 0 spiro atoms. The van der Waals surface area contributed by atoms with Crippen molar-refractivity contribution in [3.05, 3.63) is 0 Å². The third-order valence-electron chi connectivity index (χ3n) is 9.37. The largest absolute Gasteiger partial charge is 0.500 e. The monoisotopic (exact) mass is 866 g/mol. The summed E-state index contributed by atoms with van der Waals surface area (Å²) in [5.41, 5.74) is 0.291. The van der Waals surface area contributed by atoms with Gasteiger partial charge in [0, 0.05) is 101 Å². The lowest BCUT2D eigenvalue weighted by molar-refractivity contribution is 0.0477. The van der Waals surface area contributed by atoms with Crippen LogP contribution in [-0.4, -0.2) is 109 Å². The van der Waals surface area contributed by atoms with Crippen LogP contribution >= 0.6 is 43.2 Å². The van der Waals surface area contributed by atoms with Gasteiger partial charge in [-0.1, -0.05) is 56.0 Å². The third-order valence-corrected chi connectivity index (χ3v) is 23.7. The first kappa shape index (κ1) is 51.7. The summed E-state index contributed by atoms with van der Waals surface area (Å²) in [6.07, 6.45) is 11.0. The molecule has 0 aromatic carbocycles. The minimum Gasteiger partial charge on any atom is -0.374 e. The van der Waals surface area contributed by atoms with Crippen LogP contribution in [0, 0.1) is 11.3 Å². The lowest BCUT2D eigenvalue weighted by atomic mass is 9.62. The van der Waals surface area contributed by atoms with Crippen LogP contribution in [0.15, 0.2) is 0 Å². The third kappa shape index (κ3) is 19.9. The van der Waals surface area contributed by atoms with Crippen LogP contribution in [0.1, 0.15) is 120 Å². The molecule has 1 aliphatic carbocycles. The second-order valence-corrected chi connectivity index (χ2v) is 26.4. The topological polar surface area (TPSA) is 83.1 Å². The zero-order chi connectivity index (χ0) is 38.4. The highest BCUT2D eigenvalue weighted by Crippen LogP contribution is 2.51. The SMILES string of the molecule is CCO[Si](CCCSSCCC1CCCCC1(CCSSCCC[Si](OCC)(OCC)OCC)CC[Si](OCC)(OCC)OCC)(OCC)OCC. The zero-order valence-corrected chi connectivity index (χ0v) is 40.8. The summed E-state index contributed by atoms with van der Waals surface area (Å²) in [5.74, 6) is 5.21. The molecule has 2 unspecified atom stereocenters. The van der Waals surface area contributed by atoms with Crippen LogP contribution in [0.5, 0.6) is 0 Å². The van der Waals surface area contributed by atoms with Gasteiger partial charge in [0.1, 0.15) is 0 Å². The maximum Gasteiger partial charge on any atom is 0.500 e. The Balaban J connectivity index is 2.88. The van der Waals surface area contributed by atoms with Gasteiger partial charge in [0.2, 0.25) is 0 Å². The van der Waals surface area contributed by atoms with E-state index < -0.39 is 26.4 Å². The van der Waals surface area contributed by atoms with Crippen molar-refractivity contribution in [1.29, 1.82) is 0 Å². The van der Waals surface area contributed by atoms with E-state index in [4.69, 9.17) is 39.8 Å². The molecule has 0 radical (unpaired) electrons. The van der Waals surface area contributed by atoms with Crippen molar-refractivity contribution in [2.24, 2.45) is 11.3 Å². The van der Waals surface area contributed by atoms with Gasteiger partial charge in [-0.05, 0) is 119 Å². The Morgan fingerprint density at radius 2 is 0.808 bits per heavy atom. The molecule has 9 nitrogen and oxygen atoms in total. The highest BCUT2D eigenvalue weighted by molar-refractivity contribution is 8.77. The van der Waals surface area contributed by atoms with Crippen molar-refractivity contribution in [2.45, 2.75) is 138 Å². The molecule has 0 heterocycles. The Labute approximate surface area is 339 Å². The number of hydrogen-bond acceptors (Lipinski definition) is 13. The molecule has 0 N–H and O–H groups in total. The molecule has 0 amide bonds. The van der Waals surface area contributed by atoms with E-state index in [0.717, 1.165) is 54.7 Å². The van der Waals surface area contributed by atoms with E-state index in [9.17, 15) is 0 Å². The summed E-state index contributed by atoms with van der Waals surface area (Å²) in [7, 11) is 0.217. The van der Waals surface area contributed by atoms with E-state index in [1.54, 1.807) is 0 Å². The molecule has 0 bridgehead atoms. The highest BCUT2D eigenvalue weighted by Gasteiger charge is 2.47. The number of rotatable bonds is 37. The fourth-order valence-corrected chi connectivity index (χ4v) is 20.5. The fourth-order valence-electron chi connectivity index (χ4n) is 7.38. The van der Waals surface area contributed by atoms with E-state index in [2.05, 4.69) is 20.8 Å². The second kappa shape index (κ2) is 31.7. The minimum absolute atomic E-state index is 0.291. The van der Waals surface area contributed by atoms with Crippen molar-refractivity contribution in [3.8, 4) is 0 Å². The molecule has 1 saturated carbocycles. The Bertz CT molecular complexity index is 795. The maximum atomic E-state index is 6.36. The van der Waals surface area contributed by atoms with Crippen LogP contribution in [0.2, 0.25) is 18.1 Å². The summed E-state index contributed by atoms with van der Waals surface area (Å²) in [6, 6.07) is 2.67. The van der Waals surface area contributed by atoms with E-state index in [0.29, 0.717) is 70.8 Å². The summed E-state index contributed by atoms with van der Waals surface area (Å²) in [6.45, 7) is 24.1. The quantitative estimate of drug-likeness (QED) is 0.0338. The molecular weight excluding hydrogens is 789 g/mol. The van der Waals surface area contributed by atoms with Gasteiger partial charge in [0.05, 0.1) is 0 Å². The van der Waals surface area contributed by atoms with Gasteiger partial charge in [0.25, 0.3) is 0 Å². The molecule has 52 heavy (non-hydrogen) atoms. The molecule has 1 aliphatic rings. The van der Waals surface area contributed by atoms with Crippen LogP contribution in [0.4, 0.5) is 0 Å². The predicted molar refractivity (Wildman–Crippen MR) is 234 cm³/mol. The van der Waals surface area contributed by atoms with Gasteiger partial charge in [-0.3, -0.25) is 0 Å². The summed E-state index contributed by atoms with van der Waals surface area (Å²) >= 11 is 0. The average Bonchev–Trinajstić information content (AvgIpc) is 3.12. The first-order chi connectivity index (χ1) is 25.3. The van der Waals surface area contributed by atoms with Crippen LogP contribution in [0.25, 0.3) is 0 Å². The second-order valence-electron chi connectivity index (χ2n) is 12.8. The van der Waals surface area contributed by atoms with Gasteiger partial charge in [-0.25, -0.2) is 0 Å². The first-order valence-corrected chi connectivity index (χ1v) is 31.3. The molecule has 0 aliphatic heterocycles. The molecule has 2 atom stereocenters. The molecule has 312 valence electrons. The summed E-state index contributed by atoms with van der Waals surface area (Å²) in [5, 5.41) is 0. The highest BCUT2D eigenvalue weighted by atomic mass is 33.1. The fraction of sp³-hybridized carbons (Fsp3) is 1.00. The molecular formula is C36H78O9S4Si3. The van der Waals surface area contributed by atoms with Crippen molar-refractivity contribution in [2.75, 3.05) is 82.5 Å². The Morgan fingerprint density at radius 1 is 0.442 bits per heavy atom. The smallest absolute Gasteiger partial charge is 0.374 e. The van der Waals surface area contributed by atoms with Crippen LogP contribution < -0.4 is 0 Å². The molecule has 0 aromatic rings. The van der Waals surface area contributed by atoms with Gasteiger partial charge in [-0.15, -0.1) is 0 Å². The molecule has 1 rings (SSSR count). The van der Waals surface area contributed by atoms with Gasteiger partial charge in [-0.2, -0.15) is 0 Å². The minimum atomic E-state index is -2.73. The van der Waals surface area contributed by atoms with Gasteiger partial charge in [0.15, 0.2) is 0 Å². The molecule has 0 aromatic heterocycles. The van der Waals surface area contributed by atoms with Crippen molar-refractivity contribution in [3.63, 3.8) is 0 Å². The number of hydrogen-bond donors (Lipinski definition) is 0. The van der Waals surface area contributed by atoms with Crippen molar-refractivity contribution in [1.82, 2.24) is 0 Å². The Kier molecular flexibility index (Phi) is 31.5. The van der Waals surface area contributed by atoms with Gasteiger partial charge < -0.3 is 39.8 Å². The Hall–Kier alpha value is 1.69. The first-order valence-electron chi connectivity index (χ1n) is 20.5. The van der Waals surface area contributed by atoms with E-state index in [1.165, 1.54) is 44.3 Å². The molecule has 16 heteroatoms. The van der Waals surface area contributed by atoms with Crippen molar-refractivity contribution >= 4 is 69.6 Å².